The van der Waals surface area contributed by atoms with Gasteiger partial charge in [-0.1, -0.05) is 12.8 Å². The molecule has 0 radical (unpaired) electrons. The topological polar surface area (TPSA) is 38.3 Å². The number of carbonyl (C=O) groups excluding carboxylic acids is 1. The molecule has 0 heterocycles. The summed E-state index contributed by atoms with van der Waals surface area (Å²) in [5.74, 6) is 2.80. The van der Waals surface area contributed by atoms with Gasteiger partial charge in [-0.2, -0.15) is 0 Å². The zero-order valence-corrected chi connectivity index (χ0v) is 11.4. The molecule has 0 aromatic rings. The fraction of sp³-hybridized carbons (Fsp3) is 0.933. The first-order valence-corrected chi connectivity index (χ1v) is 7.49. The first kappa shape index (κ1) is 12.5. The second-order valence-electron chi connectivity index (χ2n) is 6.79. The molecule has 1 N–H and O–H groups in total. The van der Waals surface area contributed by atoms with Crippen LogP contribution in [0.1, 0.15) is 44.9 Å². The van der Waals surface area contributed by atoms with Gasteiger partial charge in [-0.05, 0) is 49.9 Å². The third-order valence-electron chi connectivity index (χ3n) is 5.43. The molecule has 0 unspecified atom stereocenters. The SMILES string of the molecule is COCCNC(=O)C12CC3C[C@@H](CC[C@H](C3)C1)C2. The van der Waals surface area contributed by atoms with E-state index >= 15 is 0 Å². The Morgan fingerprint density at radius 1 is 1.17 bits per heavy atom. The Labute approximate surface area is 110 Å². The van der Waals surface area contributed by atoms with Crippen LogP contribution in [0.3, 0.4) is 0 Å². The zero-order valence-electron chi connectivity index (χ0n) is 11.4. The summed E-state index contributed by atoms with van der Waals surface area (Å²) in [5, 5.41) is 3.10. The van der Waals surface area contributed by atoms with Crippen molar-refractivity contribution in [2.24, 2.45) is 23.2 Å². The summed E-state index contributed by atoms with van der Waals surface area (Å²) < 4.78 is 5.02. The van der Waals surface area contributed by atoms with Gasteiger partial charge in [0, 0.05) is 19.1 Å². The lowest BCUT2D eigenvalue weighted by molar-refractivity contribution is -0.138. The minimum atomic E-state index is -0.0132. The number of methoxy groups -OCH3 is 1. The number of ether oxygens (including phenoxy) is 1. The first-order valence-electron chi connectivity index (χ1n) is 7.49. The van der Waals surface area contributed by atoms with Gasteiger partial charge in [0.1, 0.15) is 0 Å². The number of hydrogen-bond acceptors (Lipinski definition) is 2. The highest BCUT2D eigenvalue weighted by molar-refractivity contribution is 5.83. The third-order valence-corrected chi connectivity index (χ3v) is 5.43. The van der Waals surface area contributed by atoms with Gasteiger partial charge in [-0.15, -0.1) is 0 Å². The lowest BCUT2D eigenvalue weighted by atomic mass is 9.58. The predicted molar refractivity (Wildman–Crippen MR) is 70.1 cm³/mol. The van der Waals surface area contributed by atoms with E-state index in [1.165, 1.54) is 25.7 Å². The molecule has 3 heteroatoms. The van der Waals surface area contributed by atoms with Crippen molar-refractivity contribution >= 4 is 5.91 Å². The molecule has 0 spiro atoms. The molecule has 18 heavy (non-hydrogen) atoms. The van der Waals surface area contributed by atoms with Crippen LogP contribution >= 0.6 is 0 Å². The zero-order chi connectivity index (χ0) is 12.6. The monoisotopic (exact) mass is 251 g/mol. The quantitative estimate of drug-likeness (QED) is 0.779. The molecular formula is C15H25NO2. The van der Waals surface area contributed by atoms with Crippen molar-refractivity contribution in [3.63, 3.8) is 0 Å². The van der Waals surface area contributed by atoms with E-state index in [2.05, 4.69) is 5.32 Å². The van der Waals surface area contributed by atoms with Gasteiger partial charge < -0.3 is 10.1 Å². The fourth-order valence-corrected chi connectivity index (χ4v) is 4.92. The molecule has 0 aliphatic heterocycles. The Kier molecular flexibility index (Phi) is 3.35. The van der Waals surface area contributed by atoms with E-state index in [1.54, 1.807) is 7.11 Å². The fourth-order valence-electron chi connectivity index (χ4n) is 4.92. The second-order valence-corrected chi connectivity index (χ2v) is 6.79. The molecule has 2 atom stereocenters. The molecule has 3 nitrogen and oxygen atoms in total. The average Bonchev–Trinajstić information content (AvgIpc) is 2.56. The van der Waals surface area contributed by atoms with Gasteiger partial charge in [0.25, 0.3) is 0 Å². The summed E-state index contributed by atoms with van der Waals surface area (Å²) in [6.45, 7) is 1.29. The van der Waals surface area contributed by atoms with Gasteiger partial charge in [-0.3, -0.25) is 4.79 Å². The molecule has 0 saturated heterocycles. The van der Waals surface area contributed by atoms with Crippen LogP contribution in [0.5, 0.6) is 0 Å². The predicted octanol–water partition coefficient (Wildman–Crippen LogP) is 2.36. The van der Waals surface area contributed by atoms with E-state index in [0.717, 1.165) is 37.0 Å². The summed E-state index contributed by atoms with van der Waals surface area (Å²) in [4.78, 5) is 12.6. The lowest BCUT2D eigenvalue weighted by Gasteiger charge is -2.47. The highest BCUT2D eigenvalue weighted by Crippen LogP contribution is 2.57. The van der Waals surface area contributed by atoms with Crippen LogP contribution in [0.4, 0.5) is 0 Å². The standard InChI is InChI=1S/C15H25NO2/c1-18-5-4-16-14(17)15-8-11-2-3-12(9-15)7-13(6-11)10-15/h11-13H,2-10H2,1H3,(H,16,17)/t11-,12-,13?,15?/m1/s1. The summed E-state index contributed by atoms with van der Waals surface area (Å²) in [7, 11) is 1.68. The summed E-state index contributed by atoms with van der Waals surface area (Å²) in [5.41, 5.74) is -0.0132. The maximum Gasteiger partial charge on any atom is 0.226 e. The molecule has 4 saturated carbocycles. The van der Waals surface area contributed by atoms with Gasteiger partial charge in [-0.25, -0.2) is 0 Å². The Balaban J connectivity index is 1.71. The van der Waals surface area contributed by atoms with Crippen molar-refractivity contribution in [3.05, 3.63) is 0 Å². The third kappa shape index (κ3) is 2.18. The Morgan fingerprint density at radius 3 is 2.39 bits per heavy atom. The smallest absolute Gasteiger partial charge is 0.226 e. The molecule has 1 amide bonds. The minimum Gasteiger partial charge on any atom is -0.383 e. The van der Waals surface area contributed by atoms with E-state index in [-0.39, 0.29) is 5.41 Å². The number of fused-ring (bicyclic) bond motifs is 1. The number of nitrogens with one attached hydrogen (secondary N) is 1. The highest BCUT2D eigenvalue weighted by atomic mass is 16.5. The molecular weight excluding hydrogens is 226 g/mol. The summed E-state index contributed by atoms with van der Waals surface area (Å²) >= 11 is 0. The average molecular weight is 251 g/mol. The van der Waals surface area contributed by atoms with Gasteiger partial charge in [0.2, 0.25) is 5.91 Å². The first-order chi connectivity index (χ1) is 8.72. The number of amides is 1. The van der Waals surface area contributed by atoms with E-state index in [9.17, 15) is 4.79 Å². The number of rotatable bonds is 4. The Morgan fingerprint density at radius 2 is 1.78 bits per heavy atom. The van der Waals surface area contributed by atoms with E-state index < -0.39 is 0 Å². The van der Waals surface area contributed by atoms with E-state index in [0.29, 0.717) is 19.1 Å². The molecule has 0 aromatic carbocycles. The van der Waals surface area contributed by atoms with Gasteiger partial charge >= 0.3 is 0 Å². The lowest BCUT2D eigenvalue weighted by Crippen LogP contribution is -2.49. The van der Waals surface area contributed by atoms with Crippen LogP contribution < -0.4 is 5.32 Å². The maximum atomic E-state index is 12.6. The van der Waals surface area contributed by atoms with Crippen molar-refractivity contribution in [2.45, 2.75) is 44.9 Å². The normalized spacial score (nSPS) is 41.7. The van der Waals surface area contributed by atoms with Gasteiger partial charge in [0.15, 0.2) is 0 Å². The minimum absolute atomic E-state index is 0.0132. The van der Waals surface area contributed by atoms with Crippen molar-refractivity contribution < 1.29 is 9.53 Å². The van der Waals surface area contributed by atoms with E-state index in [4.69, 9.17) is 4.74 Å². The van der Waals surface area contributed by atoms with Crippen LogP contribution in [0.15, 0.2) is 0 Å². The summed E-state index contributed by atoms with van der Waals surface area (Å²) in [6.07, 6.45) is 8.98. The van der Waals surface area contributed by atoms with Crippen LogP contribution in [0, 0.1) is 23.2 Å². The molecule has 4 aliphatic carbocycles. The van der Waals surface area contributed by atoms with Crippen molar-refractivity contribution in [1.82, 2.24) is 5.32 Å². The molecule has 0 aromatic heterocycles. The molecule has 4 rings (SSSR count). The maximum absolute atomic E-state index is 12.6. The Bertz CT molecular complexity index is 312. The van der Waals surface area contributed by atoms with Crippen LogP contribution in [0.25, 0.3) is 0 Å². The molecule has 102 valence electrons. The van der Waals surface area contributed by atoms with Crippen LogP contribution in [-0.4, -0.2) is 26.2 Å². The van der Waals surface area contributed by atoms with E-state index in [1.807, 2.05) is 0 Å². The van der Waals surface area contributed by atoms with Crippen molar-refractivity contribution in [3.8, 4) is 0 Å². The molecule has 4 fully saturated rings. The van der Waals surface area contributed by atoms with Crippen molar-refractivity contribution in [2.75, 3.05) is 20.3 Å². The Hall–Kier alpha value is -0.570. The molecule has 4 bridgehead atoms. The largest absolute Gasteiger partial charge is 0.383 e. The number of hydrogen-bond donors (Lipinski definition) is 1. The van der Waals surface area contributed by atoms with Crippen LogP contribution in [0.2, 0.25) is 0 Å². The van der Waals surface area contributed by atoms with Gasteiger partial charge in [0.05, 0.1) is 6.61 Å². The molecule has 4 aliphatic rings. The highest BCUT2D eigenvalue weighted by Gasteiger charge is 2.52. The van der Waals surface area contributed by atoms with Crippen LogP contribution in [-0.2, 0) is 9.53 Å². The van der Waals surface area contributed by atoms with Crippen molar-refractivity contribution in [1.29, 1.82) is 0 Å². The second kappa shape index (κ2) is 4.84. The number of carbonyl (C=O) groups is 1. The summed E-state index contributed by atoms with van der Waals surface area (Å²) in [6, 6.07) is 0.